The number of benzene rings is 3. The van der Waals surface area contributed by atoms with E-state index in [-0.39, 0.29) is 22.6 Å². The van der Waals surface area contributed by atoms with Crippen LogP contribution in [0.25, 0.3) is 22.3 Å². The molecular weight excluding hydrogens is 372 g/mol. The lowest BCUT2D eigenvalue weighted by molar-refractivity contribution is 0.415. The summed E-state index contributed by atoms with van der Waals surface area (Å²) >= 11 is 6.08. The van der Waals surface area contributed by atoms with E-state index in [0.717, 1.165) is 12.1 Å². The molecule has 0 saturated carbocycles. The predicted octanol–water partition coefficient (Wildman–Crippen LogP) is 5.84. The van der Waals surface area contributed by atoms with Crippen molar-refractivity contribution in [3.05, 3.63) is 70.8 Å². The summed E-state index contributed by atoms with van der Waals surface area (Å²) in [4.78, 5) is 0. The Morgan fingerprint density at radius 1 is 0.852 bits per heavy atom. The van der Waals surface area contributed by atoms with Gasteiger partial charge in [-0.1, -0.05) is 23.7 Å². The van der Waals surface area contributed by atoms with Crippen LogP contribution in [-0.2, 0) is 0 Å². The highest BCUT2D eigenvalue weighted by Crippen LogP contribution is 2.40. The first kappa shape index (κ1) is 18.7. The van der Waals surface area contributed by atoms with Crippen molar-refractivity contribution in [3.8, 4) is 39.8 Å². The van der Waals surface area contributed by atoms with Gasteiger partial charge in [0.2, 0.25) is 0 Å². The second-order valence-corrected chi connectivity index (χ2v) is 6.07. The summed E-state index contributed by atoms with van der Waals surface area (Å²) in [6.07, 6.45) is 0. The van der Waals surface area contributed by atoms with Gasteiger partial charge in [0, 0.05) is 22.3 Å². The van der Waals surface area contributed by atoms with Crippen LogP contribution in [-0.4, -0.2) is 14.2 Å². The molecule has 0 saturated heterocycles. The van der Waals surface area contributed by atoms with Crippen LogP contribution in [0, 0.1) is 23.0 Å². The van der Waals surface area contributed by atoms with Crippen LogP contribution < -0.4 is 9.47 Å². The van der Waals surface area contributed by atoms with E-state index in [9.17, 15) is 8.78 Å². The summed E-state index contributed by atoms with van der Waals surface area (Å²) in [5, 5.41) is 9.29. The Morgan fingerprint density at radius 2 is 1.52 bits per heavy atom. The molecule has 27 heavy (non-hydrogen) atoms. The first-order chi connectivity index (χ1) is 13.0. The van der Waals surface area contributed by atoms with Crippen molar-refractivity contribution in [1.82, 2.24) is 0 Å². The van der Waals surface area contributed by atoms with Crippen molar-refractivity contribution < 1.29 is 18.3 Å². The largest absolute Gasteiger partial charge is 0.496 e. The Balaban J connectivity index is 2.18. The van der Waals surface area contributed by atoms with Crippen LogP contribution in [0.1, 0.15) is 5.56 Å². The summed E-state index contributed by atoms with van der Waals surface area (Å²) in [6.45, 7) is 0. The van der Waals surface area contributed by atoms with E-state index in [1.165, 1.54) is 32.4 Å². The highest BCUT2D eigenvalue weighted by molar-refractivity contribution is 6.32. The van der Waals surface area contributed by atoms with Crippen LogP contribution in [0.2, 0.25) is 5.02 Å². The molecule has 3 nitrogen and oxygen atoms in total. The molecule has 3 aromatic carbocycles. The van der Waals surface area contributed by atoms with Crippen molar-refractivity contribution in [2.24, 2.45) is 0 Å². The molecule has 0 fully saturated rings. The van der Waals surface area contributed by atoms with Crippen LogP contribution >= 0.6 is 11.6 Å². The monoisotopic (exact) mass is 385 g/mol. The average Bonchev–Trinajstić information content (AvgIpc) is 2.68. The smallest absolute Gasteiger partial charge is 0.145 e. The van der Waals surface area contributed by atoms with Crippen molar-refractivity contribution in [1.29, 1.82) is 5.26 Å². The normalized spacial score (nSPS) is 10.4. The van der Waals surface area contributed by atoms with E-state index in [1.54, 1.807) is 18.2 Å². The highest BCUT2D eigenvalue weighted by atomic mass is 35.5. The summed E-state index contributed by atoms with van der Waals surface area (Å²) < 4.78 is 40.2. The van der Waals surface area contributed by atoms with Gasteiger partial charge < -0.3 is 9.47 Å². The second kappa shape index (κ2) is 7.65. The molecule has 0 aromatic heterocycles. The number of nitrogens with zero attached hydrogens (tertiary/aromatic N) is 1. The molecule has 0 unspecified atom stereocenters. The van der Waals surface area contributed by atoms with Crippen molar-refractivity contribution in [3.63, 3.8) is 0 Å². The zero-order valence-corrected chi connectivity index (χ0v) is 15.3. The summed E-state index contributed by atoms with van der Waals surface area (Å²) in [5.41, 5.74) is 1.11. The lowest BCUT2D eigenvalue weighted by atomic mass is 9.97. The first-order valence-electron chi connectivity index (χ1n) is 7.90. The van der Waals surface area contributed by atoms with Gasteiger partial charge in [0.15, 0.2) is 0 Å². The maximum absolute atomic E-state index is 14.9. The number of rotatable bonds is 4. The molecule has 0 aliphatic rings. The number of methoxy groups -OCH3 is 2. The van der Waals surface area contributed by atoms with Crippen LogP contribution in [0.3, 0.4) is 0 Å². The number of halogens is 3. The molecule has 0 heterocycles. The minimum absolute atomic E-state index is 0.0265. The van der Waals surface area contributed by atoms with Crippen LogP contribution in [0.4, 0.5) is 8.78 Å². The molecule has 0 bridgehead atoms. The number of nitriles is 1. The van der Waals surface area contributed by atoms with Crippen LogP contribution in [0.15, 0.2) is 48.5 Å². The fourth-order valence-corrected chi connectivity index (χ4v) is 3.12. The molecule has 3 aromatic rings. The summed E-state index contributed by atoms with van der Waals surface area (Å²) in [6, 6.07) is 13.5. The molecular formula is C21H14ClF2NO2. The maximum atomic E-state index is 14.9. The van der Waals surface area contributed by atoms with E-state index < -0.39 is 11.6 Å². The van der Waals surface area contributed by atoms with E-state index in [2.05, 4.69) is 0 Å². The number of ether oxygens (including phenoxy) is 2. The highest BCUT2D eigenvalue weighted by Gasteiger charge is 2.19. The molecule has 0 aliphatic carbocycles. The van der Waals surface area contributed by atoms with Gasteiger partial charge in [0.1, 0.15) is 23.1 Å². The van der Waals surface area contributed by atoms with Gasteiger partial charge in [-0.2, -0.15) is 5.26 Å². The van der Waals surface area contributed by atoms with Crippen LogP contribution in [0.5, 0.6) is 11.5 Å². The van der Waals surface area contributed by atoms with Gasteiger partial charge in [-0.15, -0.1) is 0 Å². The number of para-hydroxylation sites is 1. The molecule has 0 aliphatic heterocycles. The van der Waals surface area contributed by atoms with E-state index in [4.69, 9.17) is 26.3 Å². The molecule has 0 amide bonds. The Labute approximate surface area is 160 Å². The Morgan fingerprint density at radius 3 is 2.11 bits per heavy atom. The number of hydrogen-bond acceptors (Lipinski definition) is 3. The van der Waals surface area contributed by atoms with E-state index >= 15 is 0 Å². The van der Waals surface area contributed by atoms with Gasteiger partial charge in [0.05, 0.1) is 30.9 Å². The maximum Gasteiger partial charge on any atom is 0.145 e. The fourth-order valence-electron chi connectivity index (χ4n) is 2.87. The first-order valence-corrected chi connectivity index (χ1v) is 8.28. The molecule has 0 N–H and O–H groups in total. The second-order valence-electron chi connectivity index (χ2n) is 5.66. The van der Waals surface area contributed by atoms with Gasteiger partial charge in [-0.25, -0.2) is 8.78 Å². The third kappa shape index (κ3) is 3.44. The molecule has 0 spiro atoms. The van der Waals surface area contributed by atoms with E-state index in [0.29, 0.717) is 21.7 Å². The minimum Gasteiger partial charge on any atom is -0.496 e. The summed E-state index contributed by atoms with van der Waals surface area (Å²) in [7, 11) is 2.81. The molecule has 0 radical (unpaired) electrons. The average molecular weight is 386 g/mol. The van der Waals surface area contributed by atoms with Crippen molar-refractivity contribution in [2.45, 2.75) is 0 Å². The third-order valence-corrected chi connectivity index (χ3v) is 4.44. The Kier molecular flexibility index (Phi) is 5.29. The third-order valence-electron chi connectivity index (χ3n) is 4.14. The molecule has 3 rings (SSSR count). The van der Waals surface area contributed by atoms with Gasteiger partial charge in [-0.05, 0) is 36.4 Å². The van der Waals surface area contributed by atoms with E-state index in [1.807, 2.05) is 6.07 Å². The lowest BCUT2D eigenvalue weighted by Crippen LogP contribution is -1.96. The quantitative estimate of drug-likeness (QED) is 0.566. The zero-order chi connectivity index (χ0) is 19.6. The Bertz CT molecular complexity index is 1060. The molecule has 0 atom stereocenters. The SMILES string of the molecule is COc1cc(C#N)ccc1-c1cc(F)c(-c2cccc(Cl)c2OC)cc1F. The topological polar surface area (TPSA) is 42.2 Å². The zero-order valence-electron chi connectivity index (χ0n) is 14.5. The van der Waals surface area contributed by atoms with Crippen molar-refractivity contribution >= 4 is 11.6 Å². The Hall–Kier alpha value is -3.10. The lowest BCUT2D eigenvalue weighted by Gasteiger charge is -2.14. The van der Waals surface area contributed by atoms with Gasteiger partial charge in [-0.3, -0.25) is 0 Å². The van der Waals surface area contributed by atoms with Crippen molar-refractivity contribution in [2.75, 3.05) is 14.2 Å². The van der Waals surface area contributed by atoms with Gasteiger partial charge in [0.25, 0.3) is 0 Å². The molecule has 136 valence electrons. The standard InChI is InChI=1S/C21H14ClF2NO2/c1-26-20-8-12(11-25)6-7-13(20)15-9-19(24)16(10-18(15)23)14-4-3-5-17(22)21(14)27-2/h3-10H,1-2H3. The fraction of sp³-hybridized carbons (Fsp3) is 0.0952. The summed E-state index contributed by atoms with van der Waals surface area (Å²) in [5.74, 6) is -0.739. The minimum atomic E-state index is -0.642. The van der Waals surface area contributed by atoms with Gasteiger partial charge >= 0.3 is 0 Å². The predicted molar refractivity (Wildman–Crippen MR) is 100 cm³/mol. The number of hydrogen-bond donors (Lipinski definition) is 0. The molecule has 6 heteroatoms.